The number of aryl methyl sites for hydroxylation is 1. The number of carbonyl (C=O) groups is 1. The van der Waals surface area contributed by atoms with Crippen molar-refractivity contribution in [2.75, 3.05) is 7.11 Å². The summed E-state index contributed by atoms with van der Waals surface area (Å²) in [6.07, 6.45) is 3.72. The highest BCUT2D eigenvalue weighted by Crippen LogP contribution is 2.55. The number of Topliss-reactive ketones (excluding diaryl/α,β-unsaturated/α-hetero) is 1. The van der Waals surface area contributed by atoms with Crippen molar-refractivity contribution in [3.05, 3.63) is 41.5 Å². The van der Waals surface area contributed by atoms with Crippen molar-refractivity contribution in [3.63, 3.8) is 0 Å². The molecule has 1 saturated carbocycles. The molecule has 2 unspecified atom stereocenters. The van der Waals surface area contributed by atoms with Crippen LogP contribution in [-0.2, 0) is 16.6 Å². The molecule has 2 aliphatic carbocycles. The highest BCUT2D eigenvalue weighted by Gasteiger charge is 2.57. The summed E-state index contributed by atoms with van der Waals surface area (Å²) in [5.41, 5.74) is 3.33. The summed E-state index contributed by atoms with van der Waals surface area (Å²) in [6.45, 7) is 6.05. The van der Waals surface area contributed by atoms with Crippen LogP contribution in [-0.4, -0.2) is 12.9 Å². The van der Waals surface area contributed by atoms with E-state index in [1.807, 2.05) is 13.0 Å². The number of ketones is 1. The van der Waals surface area contributed by atoms with Crippen molar-refractivity contribution < 1.29 is 9.53 Å². The second-order valence-electron chi connectivity index (χ2n) is 5.99. The summed E-state index contributed by atoms with van der Waals surface area (Å²) in [6, 6.07) is 6.17. The van der Waals surface area contributed by atoms with Crippen LogP contribution in [0.3, 0.4) is 0 Å². The van der Waals surface area contributed by atoms with Gasteiger partial charge in [-0.1, -0.05) is 11.6 Å². The van der Waals surface area contributed by atoms with Crippen molar-refractivity contribution in [2.24, 2.45) is 5.92 Å². The molecule has 0 bridgehead atoms. The molecule has 2 heteroatoms. The molecule has 0 radical (unpaired) electrons. The van der Waals surface area contributed by atoms with Gasteiger partial charge in [0.05, 0.1) is 12.5 Å². The van der Waals surface area contributed by atoms with E-state index in [2.05, 4.69) is 18.7 Å². The van der Waals surface area contributed by atoms with Gasteiger partial charge < -0.3 is 4.74 Å². The average Bonchev–Trinajstić information content (AvgIpc) is 2.39. The molecular formula is C17H20O2. The van der Waals surface area contributed by atoms with Gasteiger partial charge in [0.1, 0.15) is 11.5 Å². The minimum atomic E-state index is -0.272. The SMILES string of the molecule is C=C(C)CC12C(=O)CC1CCc1cc(OC)ccc12. The topological polar surface area (TPSA) is 26.3 Å². The molecule has 3 rings (SSSR count). The van der Waals surface area contributed by atoms with Crippen LogP contribution in [0.2, 0.25) is 0 Å². The first-order valence-corrected chi connectivity index (χ1v) is 6.93. The summed E-state index contributed by atoms with van der Waals surface area (Å²) in [5, 5.41) is 0. The molecule has 2 aliphatic rings. The minimum Gasteiger partial charge on any atom is -0.497 e. The van der Waals surface area contributed by atoms with E-state index in [1.54, 1.807) is 7.11 Å². The van der Waals surface area contributed by atoms with Gasteiger partial charge >= 0.3 is 0 Å². The smallest absolute Gasteiger partial charge is 0.144 e. The Bertz CT molecular complexity index is 558. The molecular weight excluding hydrogens is 236 g/mol. The number of benzene rings is 1. The van der Waals surface area contributed by atoms with Gasteiger partial charge in [-0.25, -0.2) is 0 Å². The molecule has 1 aromatic rings. The number of hydrogen-bond acceptors (Lipinski definition) is 2. The maximum atomic E-state index is 12.4. The molecule has 2 nitrogen and oxygen atoms in total. The summed E-state index contributed by atoms with van der Waals surface area (Å²) in [5.74, 6) is 1.79. The lowest BCUT2D eigenvalue weighted by atomic mass is 9.49. The maximum Gasteiger partial charge on any atom is 0.144 e. The van der Waals surface area contributed by atoms with E-state index >= 15 is 0 Å². The second kappa shape index (κ2) is 4.22. The molecule has 1 aromatic carbocycles. The Balaban J connectivity index is 2.11. The highest BCUT2D eigenvalue weighted by molar-refractivity contribution is 5.98. The minimum absolute atomic E-state index is 0.272. The summed E-state index contributed by atoms with van der Waals surface area (Å²) >= 11 is 0. The molecule has 2 atom stereocenters. The fourth-order valence-electron chi connectivity index (χ4n) is 3.88. The maximum absolute atomic E-state index is 12.4. The summed E-state index contributed by atoms with van der Waals surface area (Å²) in [4.78, 5) is 12.4. The van der Waals surface area contributed by atoms with E-state index in [1.165, 1.54) is 11.1 Å². The van der Waals surface area contributed by atoms with E-state index in [-0.39, 0.29) is 5.41 Å². The van der Waals surface area contributed by atoms with Crippen molar-refractivity contribution in [2.45, 2.75) is 38.0 Å². The van der Waals surface area contributed by atoms with Crippen LogP contribution in [0.4, 0.5) is 0 Å². The lowest BCUT2D eigenvalue weighted by Gasteiger charge is -2.52. The molecule has 100 valence electrons. The molecule has 0 heterocycles. The number of hydrogen-bond donors (Lipinski definition) is 0. The first-order valence-electron chi connectivity index (χ1n) is 6.93. The Morgan fingerprint density at radius 1 is 1.53 bits per heavy atom. The van der Waals surface area contributed by atoms with Crippen LogP contribution in [0.1, 0.15) is 37.3 Å². The Labute approximate surface area is 114 Å². The number of carbonyl (C=O) groups excluding carboxylic acids is 1. The lowest BCUT2D eigenvalue weighted by Crippen LogP contribution is -2.56. The van der Waals surface area contributed by atoms with Gasteiger partial charge in [-0.2, -0.15) is 0 Å². The van der Waals surface area contributed by atoms with Gasteiger partial charge in [-0.05, 0) is 55.4 Å². The van der Waals surface area contributed by atoms with Crippen LogP contribution >= 0.6 is 0 Å². The normalized spacial score (nSPS) is 28.1. The van der Waals surface area contributed by atoms with Crippen molar-refractivity contribution in [1.29, 1.82) is 0 Å². The van der Waals surface area contributed by atoms with E-state index < -0.39 is 0 Å². The number of fused-ring (bicyclic) bond motifs is 3. The second-order valence-corrected chi connectivity index (χ2v) is 5.99. The van der Waals surface area contributed by atoms with Crippen LogP contribution in [0.5, 0.6) is 5.75 Å². The third-order valence-electron chi connectivity index (χ3n) is 4.76. The molecule has 0 amide bonds. The largest absolute Gasteiger partial charge is 0.497 e. The zero-order valence-electron chi connectivity index (χ0n) is 11.7. The monoisotopic (exact) mass is 256 g/mol. The molecule has 19 heavy (non-hydrogen) atoms. The Morgan fingerprint density at radius 3 is 2.95 bits per heavy atom. The summed E-state index contributed by atoms with van der Waals surface area (Å²) < 4.78 is 5.30. The van der Waals surface area contributed by atoms with E-state index in [0.29, 0.717) is 11.7 Å². The first-order chi connectivity index (χ1) is 9.07. The van der Waals surface area contributed by atoms with Gasteiger partial charge in [0.2, 0.25) is 0 Å². The van der Waals surface area contributed by atoms with E-state index in [0.717, 1.165) is 37.0 Å². The van der Waals surface area contributed by atoms with Gasteiger partial charge in [-0.15, -0.1) is 6.58 Å². The molecule has 0 spiro atoms. The Morgan fingerprint density at radius 2 is 2.32 bits per heavy atom. The van der Waals surface area contributed by atoms with Crippen LogP contribution in [0, 0.1) is 5.92 Å². The van der Waals surface area contributed by atoms with Crippen molar-refractivity contribution in [1.82, 2.24) is 0 Å². The average molecular weight is 256 g/mol. The van der Waals surface area contributed by atoms with Gasteiger partial charge in [-0.3, -0.25) is 4.79 Å². The van der Waals surface area contributed by atoms with Crippen molar-refractivity contribution in [3.8, 4) is 5.75 Å². The fourth-order valence-corrected chi connectivity index (χ4v) is 3.88. The van der Waals surface area contributed by atoms with Crippen LogP contribution < -0.4 is 4.74 Å². The van der Waals surface area contributed by atoms with E-state index in [9.17, 15) is 4.79 Å². The predicted octanol–water partition coefficient (Wildman–Crippen LogP) is 3.43. The van der Waals surface area contributed by atoms with Crippen LogP contribution in [0.15, 0.2) is 30.4 Å². The molecule has 0 aliphatic heterocycles. The Kier molecular flexibility index (Phi) is 2.77. The van der Waals surface area contributed by atoms with Gasteiger partial charge in [0, 0.05) is 6.42 Å². The van der Waals surface area contributed by atoms with Crippen molar-refractivity contribution >= 4 is 5.78 Å². The fraction of sp³-hybridized carbons (Fsp3) is 0.471. The molecule has 1 fully saturated rings. The van der Waals surface area contributed by atoms with E-state index in [4.69, 9.17) is 4.74 Å². The lowest BCUT2D eigenvalue weighted by molar-refractivity contribution is -0.138. The van der Waals surface area contributed by atoms with Gasteiger partial charge in [0.25, 0.3) is 0 Å². The number of allylic oxidation sites excluding steroid dienone is 1. The third kappa shape index (κ3) is 1.66. The third-order valence-corrected chi connectivity index (χ3v) is 4.76. The number of rotatable bonds is 3. The molecule has 0 saturated heterocycles. The first kappa shape index (κ1) is 12.5. The molecule has 0 N–H and O–H groups in total. The quantitative estimate of drug-likeness (QED) is 0.774. The highest BCUT2D eigenvalue weighted by atomic mass is 16.5. The number of ether oxygens (including phenoxy) is 1. The Hall–Kier alpha value is -1.57. The zero-order valence-corrected chi connectivity index (χ0v) is 11.7. The zero-order chi connectivity index (χ0) is 13.6. The standard InChI is InChI=1S/C17H20O2/c1-11(2)10-17-13(9-16(17)18)5-4-12-8-14(19-3)6-7-15(12)17/h6-8,13H,1,4-5,9-10H2,2-3H3. The molecule has 0 aromatic heterocycles. The van der Waals surface area contributed by atoms with Crippen LogP contribution in [0.25, 0.3) is 0 Å². The summed E-state index contributed by atoms with van der Waals surface area (Å²) in [7, 11) is 1.69. The predicted molar refractivity (Wildman–Crippen MR) is 75.5 cm³/mol. The van der Waals surface area contributed by atoms with Gasteiger partial charge in [0.15, 0.2) is 0 Å². The number of methoxy groups -OCH3 is 1.